The molecular weight excluding hydrogens is 440 g/mol. The van der Waals surface area contributed by atoms with Crippen LogP contribution in [-0.2, 0) is 24.8 Å². The summed E-state index contributed by atoms with van der Waals surface area (Å²) in [5, 5.41) is 0.242. The van der Waals surface area contributed by atoms with E-state index in [1.54, 1.807) is 0 Å². The predicted molar refractivity (Wildman–Crippen MR) is 110 cm³/mol. The molecule has 1 heterocycles. The Morgan fingerprint density at radius 2 is 1.90 bits per heavy atom. The average molecular weight is 459 g/mol. The lowest BCUT2D eigenvalue weighted by atomic mass is 10.2. The SMILES string of the molecule is COc1ccc(NS(=O)(=O)c2ccc(N3C(=O)C(C)CS3(=O)=O)cc2C)cc1Cl. The highest BCUT2D eigenvalue weighted by Crippen LogP contribution is 2.32. The average Bonchev–Trinajstić information content (AvgIpc) is 2.81. The third-order valence-corrected chi connectivity index (χ3v) is 8.15. The second kappa shape index (κ2) is 7.51. The van der Waals surface area contributed by atoms with E-state index in [2.05, 4.69) is 4.72 Å². The number of aryl methyl sites for hydroxylation is 1. The summed E-state index contributed by atoms with van der Waals surface area (Å²) >= 11 is 6.03. The first kappa shape index (κ1) is 21.4. The first-order valence-corrected chi connectivity index (χ1v) is 12.0. The van der Waals surface area contributed by atoms with Crippen molar-refractivity contribution in [2.75, 3.05) is 21.9 Å². The molecule has 0 saturated carbocycles. The van der Waals surface area contributed by atoms with Gasteiger partial charge in [-0.2, -0.15) is 0 Å². The van der Waals surface area contributed by atoms with Gasteiger partial charge in [0.25, 0.3) is 10.0 Å². The minimum absolute atomic E-state index is 0.0507. The predicted octanol–water partition coefficient (Wildman–Crippen LogP) is 2.77. The van der Waals surface area contributed by atoms with Crippen LogP contribution in [0.3, 0.4) is 0 Å². The van der Waals surface area contributed by atoms with E-state index in [1.807, 2.05) is 0 Å². The minimum atomic E-state index is -3.98. The summed E-state index contributed by atoms with van der Waals surface area (Å²) in [4.78, 5) is 12.2. The number of sulfonamides is 2. The van der Waals surface area contributed by atoms with Crippen LogP contribution in [0.2, 0.25) is 5.02 Å². The molecule has 11 heteroatoms. The van der Waals surface area contributed by atoms with Crippen molar-refractivity contribution >= 4 is 48.9 Å². The number of benzene rings is 2. The van der Waals surface area contributed by atoms with Crippen LogP contribution in [0.1, 0.15) is 12.5 Å². The van der Waals surface area contributed by atoms with Gasteiger partial charge in [0, 0.05) is 0 Å². The zero-order valence-electron chi connectivity index (χ0n) is 15.8. The highest BCUT2D eigenvalue weighted by Gasteiger charge is 2.42. The van der Waals surface area contributed by atoms with E-state index in [0.29, 0.717) is 5.75 Å². The summed E-state index contributed by atoms with van der Waals surface area (Å²) in [7, 11) is -6.30. The molecular formula is C18H19ClN2O6S2. The quantitative estimate of drug-likeness (QED) is 0.737. The van der Waals surface area contributed by atoms with Gasteiger partial charge in [-0.25, -0.2) is 21.1 Å². The van der Waals surface area contributed by atoms with E-state index in [0.717, 1.165) is 4.31 Å². The van der Waals surface area contributed by atoms with Gasteiger partial charge in [-0.05, 0) is 48.9 Å². The molecule has 0 aliphatic carbocycles. The maximum atomic E-state index is 12.8. The Balaban J connectivity index is 1.94. The van der Waals surface area contributed by atoms with Gasteiger partial charge in [0.05, 0.1) is 40.1 Å². The molecule has 1 aliphatic rings. The van der Waals surface area contributed by atoms with Crippen molar-refractivity contribution in [3.05, 3.63) is 47.0 Å². The van der Waals surface area contributed by atoms with Crippen molar-refractivity contribution in [3.8, 4) is 5.75 Å². The molecule has 8 nitrogen and oxygen atoms in total. The van der Waals surface area contributed by atoms with Crippen molar-refractivity contribution in [1.82, 2.24) is 0 Å². The summed E-state index contributed by atoms with van der Waals surface area (Å²) in [6, 6.07) is 8.38. The lowest BCUT2D eigenvalue weighted by Crippen LogP contribution is -2.30. The lowest BCUT2D eigenvalue weighted by molar-refractivity contribution is -0.119. The molecule has 1 fully saturated rings. The number of hydrogen-bond donors (Lipinski definition) is 1. The molecule has 1 amide bonds. The van der Waals surface area contributed by atoms with Gasteiger partial charge >= 0.3 is 0 Å². The molecule has 2 aromatic rings. The fourth-order valence-corrected chi connectivity index (χ4v) is 6.44. The van der Waals surface area contributed by atoms with Gasteiger partial charge in [0.2, 0.25) is 15.9 Å². The normalized spacial score (nSPS) is 18.7. The fraction of sp³-hybridized carbons (Fsp3) is 0.278. The Labute approximate surface area is 174 Å². The van der Waals surface area contributed by atoms with Crippen molar-refractivity contribution in [2.24, 2.45) is 5.92 Å². The third-order valence-electron chi connectivity index (χ3n) is 4.45. The Morgan fingerprint density at radius 1 is 1.21 bits per heavy atom. The van der Waals surface area contributed by atoms with Crippen LogP contribution < -0.4 is 13.8 Å². The van der Waals surface area contributed by atoms with Gasteiger partial charge in [0.15, 0.2) is 0 Å². The smallest absolute Gasteiger partial charge is 0.262 e. The number of carbonyl (C=O) groups is 1. The second-order valence-corrected chi connectivity index (χ2v) is 10.6. The van der Waals surface area contributed by atoms with E-state index >= 15 is 0 Å². The van der Waals surface area contributed by atoms with Crippen LogP contribution in [0.4, 0.5) is 11.4 Å². The molecule has 0 radical (unpaired) electrons. The fourth-order valence-electron chi connectivity index (χ4n) is 3.09. The van der Waals surface area contributed by atoms with E-state index in [-0.39, 0.29) is 32.6 Å². The van der Waals surface area contributed by atoms with Crippen LogP contribution in [0.5, 0.6) is 5.75 Å². The zero-order chi connectivity index (χ0) is 21.6. The number of hydrogen-bond acceptors (Lipinski definition) is 6. The van der Waals surface area contributed by atoms with Gasteiger partial charge in [0.1, 0.15) is 5.75 Å². The molecule has 1 atom stereocenters. The first-order valence-electron chi connectivity index (χ1n) is 8.50. The highest BCUT2D eigenvalue weighted by molar-refractivity contribution is 7.94. The Hall–Kier alpha value is -2.30. The molecule has 1 unspecified atom stereocenters. The van der Waals surface area contributed by atoms with Gasteiger partial charge in [-0.15, -0.1) is 0 Å². The van der Waals surface area contributed by atoms with E-state index in [9.17, 15) is 21.6 Å². The van der Waals surface area contributed by atoms with E-state index in [1.165, 1.54) is 57.4 Å². The molecule has 156 valence electrons. The Kier molecular flexibility index (Phi) is 5.54. The van der Waals surface area contributed by atoms with Gasteiger partial charge < -0.3 is 4.74 Å². The number of nitrogens with one attached hydrogen (secondary N) is 1. The monoisotopic (exact) mass is 458 g/mol. The summed E-state index contributed by atoms with van der Waals surface area (Å²) in [5.41, 5.74) is 0.644. The Morgan fingerprint density at radius 3 is 2.41 bits per heavy atom. The number of ether oxygens (including phenoxy) is 1. The molecule has 2 aromatic carbocycles. The molecule has 29 heavy (non-hydrogen) atoms. The second-order valence-electron chi connectivity index (χ2n) is 6.69. The van der Waals surface area contributed by atoms with Crippen LogP contribution >= 0.6 is 11.6 Å². The molecule has 0 aromatic heterocycles. The first-order chi connectivity index (χ1) is 13.5. The molecule has 1 N–H and O–H groups in total. The van der Waals surface area contributed by atoms with E-state index < -0.39 is 31.9 Å². The molecule has 1 saturated heterocycles. The minimum Gasteiger partial charge on any atom is -0.495 e. The number of rotatable bonds is 5. The largest absolute Gasteiger partial charge is 0.495 e. The zero-order valence-corrected chi connectivity index (χ0v) is 18.2. The number of anilines is 2. The van der Waals surface area contributed by atoms with Gasteiger partial charge in [-0.3, -0.25) is 9.52 Å². The Bertz CT molecular complexity index is 1190. The number of nitrogens with zero attached hydrogens (tertiary/aromatic N) is 1. The maximum absolute atomic E-state index is 12.8. The van der Waals surface area contributed by atoms with Crippen molar-refractivity contribution in [2.45, 2.75) is 18.7 Å². The lowest BCUT2D eigenvalue weighted by Gasteiger charge is -2.17. The molecule has 3 rings (SSSR count). The summed E-state index contributed by atoms with van der Waals surface area (Å²) in [6.45, 7) is 3.06. The number of carbonyl (C=O) groups excluding carboxylic acids is 1. The van der Waals surface area contributed by atoms with Crippen molar-refractivity contribution in [3.63, 3.8) is 0 Å². The van der Waals surface area contributed by atoms with Crippen molar-refractivity contribution < 1.29 is 26.4 Å². The number of amides is 1. The number of halogens is 1. The highest BCUT2D eigenvalue weighted by atomic mass is 35.5. The topological polar surface area (TPSA) is 110 Å². The summed E-state index contributed by atoms with van der Waals surface area (Å²) in [5.74, 6) is -1.05. The van der Waals surface area contributed by atoms with E-state index in [4.69, 9.17) is 16.3 Å². The molecule has 0 spiro atoms. The summed E-state index contributed by atoms with van der Waals surface area (Å²) < 4.78 is 58.3. The van der Waals surface area contributed by atoms with Gasteiger partial charge in [-0.1, -0.05) is 18.5 Å². The van der Waals surface area contributed by atoms with Crippen LogP contribution in [0.15, 0.2) is 41.3 Å². The maximum Gasteiger partial charge on any atom is 0.262 e. The third kappa shape index (κ3) is 4.05. The molecule has 1 aliphatic heterocycles. The van der Waals surface area contributed by atoms with Crippen molar-refractivity contribution in [1.29, 1.82) is 0 Å². The standard InChI is InChI=1S/C18H19ClN2O6S2/c1-11-8-14(21-18(22)12(2)10-28(21,23)24)5-7-17(11)29(25,26)20-13-4-6-16(27-3)15(19)9-13/h4-9,12,20H,10H2,1-3H3. The van der Waals surface area contributed by atoms with Crippen LogP contribution in [0.25, 0.3) is 0 Å². The summed E-state index contributed by atoms with van der Waals surface area (Å²) in [6.07, 6.45) is 0. The number of methoxy groups -OCH3 is 1. The van der Waals surface area contributed by atoms with Crippen LogP contribution in [-0.4, -0.2) is 35.6 Å². The molecule has 0 bridgehead atoms. The van der Waals surface area contributed by atoms with Crippen LogP contribution in [0, 0.1) is 12.8 Å².